The van der Waals surface area contributed by atoms with Crippen molar-refractivity contribution in [3.05, 3.63) is 56.5 Å². The maximum atomic E-state index is 12.6. The summed E-state index contributed by atoms with van der Waals surface area (Å²) in [5.74, 6) is 0.306. The Labute approximate surface area is 166 Å². The molecule has 3 nitrogen and oxygen atoms in total. The van der Waals surface area contributed by atoms with Crippen LogP contribution in [0.15, 0.2) is 40.9 Å². The number of hydrogen-bond donors (Lipinski definition) is 1. The minimum absolute atomic E-state index is 0.261. The fourth-order valence-corrected chi connectivity index (χ4v) is 2.95. The summed E-state index contributed by atoms with van der Waals surface area (Å²) in [5, 5.41) is 3.65. The molecule has 0 aliphatic rings. The zero-order chi connectivity index (χ0) is 18.2. The number of carbonyl (C=O) groups excluding carboxylic acids is 1. The van der Waals surface area contributed by atoms with Crippen LogP contribution in [0.4, 0.5) is 5.69 Å². The third-order valence-electron chi connectivity index (χ3n) is 3.62. The van der Waals surface area contributed by atoms with Crippen molar-refractivity contribution < 1.29 is 9.53 Å². The molecular weight excluding hydrogens is 425 g/mol. The van der Waals surface area contributed by atoms with Crippen molar-refractivity contribution in [2.24, 2.45) is 0 Å². The summed E-state index contributed by atoms with van der Waals surface area (Å²) in [4.78, 5) is 12.6. The van der Waals surface area contributed by atoms with Gasteiger partial charge in [0.05, 0.1) is 22.2 Å². The number of ether oxygens (including phenoxy) is 1. The van der Waals surface area contributed by atoms with Crippen LogP contribution >= 0.6 is 39.1 Å². The third-order valence-corrected chi connectivity index (χ3v) is 4.85. The number of unbranched alkanes of at least 4 members (excludes halogenated alkanes) is 3. The lowest BCUT2D eigenvalue weighted by molar-refractivity contribution is 0.102. The number of rotatable bonds is 8. The van der Waals surface area contributed by atoms with E-state index in [1.165, 1.54) is 12.8 Å². The lowest BCUT2D eigenvalue weighted by Crippen LogP contribution is -2.14. The van der Waals surface area contributed by atoms with Crippen molar-refractivity contribution in [1.29, 1.82) is 0 Å². The van der Waals surface area contributed by atoms with Crippen molar-refractivity contribution in [2.45, 2.75) is 32.6 Å². The number of hydrogen-bond acceptors (Lipinski definition) is 2. The van der Waals surface area contributed by atoms with Crippen LogP contribution in [0.2, 0.25) is 10.0 Å². The highest BCUT2D eigenvalue weighted by atomic mass is 79.9. The lowest BCUT2D eigenvalue weighted by Gasteiger charge is -2.13. The van der Waals surface area contributed by atoms with E-state index in [-0.39, 0.29) is 5.91 Å². The summed E-state index contributed by atoms with van der Waals surface area (Å²) in [6.07, 6.45) is 4.46. The number of anilines is 1. The molecule has 0 bridgehead atoms. The predicted octanol–water partition coefficient (Wildman–Crippen LogP) is 6.97. The number of halogens is 3. The van der Waals surface area contributed by atoms with Gasteiger partial charge >= 0.3 is 0 Å². The molecule has 25 heavy (non-hydrogen) atoms. The highest BCUT2D eigenvalue weighted by Crippen LogP contribution is 2.27. The molecule has 2 rings (SSSR count). The van der Waals surface area contributed by atoms with Crippen LogP contribution in [0.3, 0.4) is 0 Å². The molecule has 134 valence electrons. The number of carbonyl (C=O) groups is 1. The molecule has 0 saturated heterocycles. The zero-order valence-electron chi connectivity index (χ0n) is 14.0. The largest absolute Gasteiger partial charge is 0.493 e. The van der Waals surface area contributed by atoms with Crippen LogP contribution in [0.5, 0.6) is 5.75 Å². The first-order valence-electron chi connectivity index (χ1n) is 8.20. The molecule has 2 aromatic rings. The van der Waals surface area contributed by atoms with Gasteiger partial charge in [0.15, 0.2) is 0 Å². The molecule has 0 fully saturated rings. The lowest BCUT2D eigenvalue weighted by atomic mass is 10.1. The molecule has 0 spiro atoms. The van der Waals surface area contributed by atoms with Gasteiger partial charge in [0.2, 0.25) is 0 Å². The molecule has 2 aromatic carbocycles. The molecule has 0 aromatic heterocycles. The van der Waals surface area contributed by atoms with Crippen LogP contribution in [0.25, 0.3) is 0 Å². The van der Waals surface area contributed by atoms with E-state index in [1.54, 1.807) is 30.3 Å². The van der Waals surface area contributed by atoms with E-state index in [0.717, 1.165) is 17.3 Å². The summed E-state index contributed by atoms with van der Waals surface area (Å²) < 4.78 is 6.62. The van der Waals surface area contributed by atoms with Gasteiger partial charge in [0, 0.05) is 10.2 Å². The highest BCUT2D eigenvalue weighted by molar-refractivity contribution is 9.10. The van der Waals surface area contributed by atoms with Crippen molar-refractivity contribution in [3.63, 3.8) is 0 Å². The number of benzene rings is 2. The van der Waals surface area contributed by atoms with Gasteiger partial charge in [-0.1, -0.05) is 65.3 Å². The zero-order valence-corrected chi connectivity index (χ0v) is 17.0. The fourth-order valence-electron chi connectivity index (χ4n) is 2.29. The Balaban J connectivity index is 2.09. The van der Waals surface area contributed by atoms with E-state index in [1.807, 2.05) is 6.07 Å². The van der Waals surface area contributed by atoms with Gasteiger partial charge < -0.3 is 10.1 Å². The van der Waals surface area contributed by atoms with Gasteiger partial charge in [-0.25, -0.2) is 0 Å². The Hall–Kier alpha value is -1.23. The van der Waals surface area contributed by atoms with E-state index in [0.29, 0.717) is 33.7 Å². The van der Waals surface area contributed by atoms with E-state index in [2.05, 4.69) is 28.2 Å². The number of amides is 1. The summed E-state index contributed by atoms with van der Waals surface area (Å²) >= 11 is 15.3. The number of nitrogens with one attached hydrogen (secondary N) is 1. The standard InChI is InChI=1S/C19H20BrCl2NO2/c1-2-3-4-5-10-25-18-9-6-13(20)11-15(18)19(24)23-14-7-8-16(21)17(22)12-14/h6-9,11-12H,2-5,10H2,1H3,(H,23,24). The van der Waals surface area contributed by atoms with Crippen LogP contribution < -0.4 is 10.1 Å². The van der Waals surface area contributed by atoms with Crippen LogP contribution in [-0.2, 0) is 0 Å². The average molecular weight is 445 g/mol. The smallest absolute Gasteiger partial charge is 0.259 e. The van der Waals surface area contributed by atoms with Crippen LogP contribution in [0, 0.1) is 0 Å². The minimum Gasteiger partial charge on any atom is -0.493 e. The maximum absolute atomic E-state index is 12.6. The molecule has 0 aliphatic heterocycles. The molecule has 0 aliphatic carbocycles. The van der Waals surface area contributed by atoms with Crippen molar-refractivity contribution >= 4 is 50.7 Å². The summed E-state index contributed by atoms with van der Waals surface area (Å²) in [6.45, 7) is 2.76. The van der Waals surface area contributed by atoms with E-state index in [4.69, 9.17) is 27.9 Å². The fraction of sp³-hybridized carbons (Fsp3) is 0.316. The van der Waals surface area contributed by atoms with Gasteiger partial charge in [-0.15, -0.1) is 0 Å². The Morgan fingerprint density at radius 1 is 1.08 bits per heavy atom. The molecular formula is C19H20BrCl2NO2. The molecule has 0 saturated carbocycles. The van der Waals surface area contributed by atoms with Gasteiger partial charge in [-0.2, -0.15) is 0 Å². The Kier molecular flexibility index (Phi) is 8.07. The van der Waals surface area contributed by atoms with Gasteiger partial charge in [0.25, 0.3) is 5.91 Å². The van der Waals surface area contributed by atoms with E-state index in [9.17, 15) is 4.79 Å². The molecule has 6 heteroatoms. The van der Waals surface area contributed by atoms with Crippen molar-refractivity contribution in [3.8, 4) is 5.75 Å². The maximum Gasteiger partial charge on any atom is 0.259 e. The molecule has 0 radical (unpaired) electrons. The average Bonchev–Trinajstić information content (AvgIpc) is 2.59. The van der Waals surface area contributed by atoms with Crippen LogP contribution in [0.1, 0.15) is 43.0 Å². The molecule has 1 amide bonds. The minimum atomic E-state index is -0.261. The summed E-state index contributed by atoms with van der Waals surface area (Å²) in [6, 6.07) is 10.4. The van der Waals surface area contributed by atoms with Crippen molar-refractivity contribution in [2.75, 3.05) is 11.9 Å². The van der Waals surface area contributed by atoms with Gasteiger partial charge in [0.1, 0.15) is 5.75 Å². The van der Waals surface area contributed by atoms with Crippen LogP contribution in [-0.4, -0.2) is 12.5 Å². The predicted molar refractivity (Wildman–Crippen MR) is 108 cm³/mol. The quantitative estimate of drug-likeness (QED) is 0.446. The monoisotopic (exact) mass is 443 g/mol. The third kappa shape index (κ3) is 6.21. The summed E-state index contributed by atoms with van der Waals surface area (Å²) in [7, 11) is 0. The Morgan fingerprint density at radius 3 is 2.60 bits per heavy atom. The molecule has 0 atom stereocenters. The second-order valence-corrected chi connectivity index (χ2v) is 7.36. The SMILES string of the molecule is CCCCCCOc1ccc(Br)cc1C(=O)Nc1ccc(Cl)c(Cl)c1. The Bertz CT molecular complexity index is 737. The normalized spacial score (nSPS) is 10.6. The highest BCUT2D eigenvalue weighted by Gasteiger charge is 2.14. The van der Waals surface area contributed by atoms with Gasteiger partial charge in [-0.3, -0.25) is 4.79 Å². The molecule has 0 unspecified atom stereocenters. The topological polar surface area (TPSA) is 38.3 Å². The van der Waals surface area contributed by atoms with Crippen molar-refractivity contribution in [1.82, 2.24) is 0 Å². The van der Waals surface area contributed by atoms with Gasteiger partial charge in [-0.05, 0) is 42.8 Å². The first-order valence-corrected chi connectivity index (χ1v) is 9.75. The second-order valence-electron chi connectivity index (χ2n) is 5.63. The first-order chi connectivity index (χ1) is 12.0. The Morgan fingerprint density at radius 2 is 1.88 bits per heavy atom. The summed E-state index contributed by atoms with van der Waals surface area (Å²) in [5.41, 5.74) is 1.05. The second kappa shape index (κ2) is 10.0. The molecule has 1 N–H and O–H groups in total. The molecule has 0 heterocycles. The van der Waals surface area contributed by atoms with E-state index >= 15 is 0 Å². The van der Waals surface area contributed by atoms with E-state index < -0.39 is 0 Å². The first kappa shape index (κ1) is 20.1.